The summed E-state index contributed by atoms with van der Waals surface area (Å²) in [6, 6.07) is 27.7. The number of pyridine rings is 1. The molecule has 0 fully saturated rings. The zero-order valence-corrected chi connectivity index (χ0v) is 23.7. The first-order valence-corrected chi connectivity index (χ1v) is 14.2. The van der Waals surface area contributed by atoms with E-state index in [1.807, 2.05) is 42.5 Å². The average molecular weight is 540 g/mol. The van der Waals surface area contributed by atoms with Crippen molar-refractivity contribution in [3.63, 3.8) is 0 Å². The summed E-state index contributed by atoms with van der Waals surface area (Å²) in [5.74, 6) is 0.472. The quantitative estimate of drug-likeness (QED) is 0.208. The fraction of sp³-hybridized carbons (Fsp3) is 0.205. The van der Waals surface area contributed by atoms with Gasteiger partial charge in [-0.3, -0.25) is 4.98 Å². The molecule has 0 saturated carbocycles. The third kappa shape index (κ3) is 4.13. The van der Waals surface area contributed by atoms with Crippen molar-refractivity contribution >= 4 is 43.5 Å². The Kier molecular flexibility index (Phi) is 4.59. The zero-order chi connectivity index (χ0) is 33.4. The van der Waals surface area contributed by atoms with Crippen LogP contribution in [0.3, 0.4) is 0 Å². The van der Waals surface area contributed by atoms with Gasteiger partial charge in [-0.25, -0.2) is 0 Å². The summed E-state index contributed by atoms with van der Waals surface area (Å²) in [7, 11) is 0. The monoisotopic (exact) mass is 539 g/mol. The van der Waals surface area contributed by atoms with E-state index < -0.39 is 13.7 Å². The molecule has 7 rings (SSSR count). The fourth-order valence-electron chi connectivity index (χ4n) is 6.07. The number of nitrogens with zero attached hydrogens (tertiary/aromatic N) is 1. The third-order valence-corrected chi connectivity index (χ3v) is 8.32. The van der Waals surface area contributed by atoms with Gasteiger partial charge in [0.2, 0.25) is 0 Å². The summed E-state index contributed by atoms with van der Waals surface area (Å²) in [6.45, 7) is 3.72. The second-order valence-electron chi connectivity index (χ2n) is 11.6. The number of furan rings is 1. The van der Waals surface area contributed by atoms with Crippen LogP contribution in [0.25, 0.3) is 65.9 Å². The van der Waals surface area contributed by atoms with Crippen LogP contribution in [-0.2, 0) is 0 Å². The molecule has 0 spiro atoms. The first kappa shape index (κ1) is 19.6. The lowest BCUT2D eigenvalue weighted by Crippen LogP contribution is -1.99. The first-order chi connectivity index (χ1) is 22.2. The van der Waals surface area contributed by atoms with Crippen LogP contribution < -0.4 is 0 Å². The summed E-state index contributed by atoms with van der Waals surface area (Å²) in [5.41, 5.74) is 6.12. The van der Waals surface area contributed by atoms with Gasteiger partial charge in [-0.05, 0) is 105 Å². The molecule has 5 aromatic carbocycles. The van der Waals surface area contributed by atoms with Gasteiger partial charge < -0.3 is 4.42 Å². The molecule has 0 radical (unpaired) electrons. The second kappa shape index (κ2) is 9.59. The lowest BCUT2D eigenvalue weighted by atomic mass is 9.87. The topological polar surface area (TPSA) is 26.0 Å². The number of hydrogen-bond donors (Lipinski definition) is 0. The van der Waals surface area contributed by atoms with Crippen molar-refractivity contribution < 1.29 is 12.6 Å². The van der Waals surface area contributed by atoms with Crippen LogP contribution in [0.4, 0.5) is 0 Å². The molecule has 41 heavy (non-hydrogen) atoms. The van der Waals surface area contributed by atoms with Crippen LogP contribution in [0, 0.1) is 13.7 Å². The van der Waals surface area contributed by atoms with E-state index in [2.05, 4.69) is 63.0 Å². The van der Waals surface area contributed by atoms with Gasteiger partial charge >= 0.3 is 0 Å². The second-order valence-corrected chi connectivity index (χ2v) is 11.6. The predicted molar refractivity (Wildman–Crippen MR) is 175 cm³/mol. The molecule has 0 saturated heterocycles. The molecule has 0 aliphatic rings. The molecule has 0 bridgehead atoms. The van der Waals surface area contributed by atoms with Gasteiger partial charge in [-0.15, -0.1) is 0 Å². The number of benzene rings is 5. The number of aryl methyl sites for hydroxylation is 2. The molecule has 0 unspecified atom stereocenters. The smallest absolute Gasteiger partial charge is 0.145 e. The number of aromatic nitrogens is 1. The normalized spacial score (nSPS) is 14.9. The summed E-state index contributed by atoms with van der Waals surface area (Å²) in [5, 5.41) is 5.41. The maximum Gasteiger partial charge on any atom is 0.145 e. The van der Waals surface area contributed by atoms with E-state index in [1.165, 1.54) is 11.8 Å². The van der Waals surface area contributed by atoms with Crippen LogP contribution in [-0.4, -0.2) is 4.98 Å². The van der Waals surface area contributed by atoms with Gasteiger partial charge in [-0.2, -0.15) is 0 Å². The van der Waals surface area contributed by atoms with Crippen molar-refractivity contribution in [1.82, 2.24) is 4.98 Å². The highest BCUT2D eigenvalue weighted by Crippen LogP contribution is 2.41. The maximum atomic E-state index is 8.38. The Morgan fingerprint density at radius 3 is 2.27 bits per heavy atom. The van der Waals surface area contributed by atoms with E-state index in [0.29, 0.717) is 44.7 Å². The van der Waals surface area contributed by atoms with Crippen molar-refractivity contribution in [3.8, 4) is 22.4 Å². The minimum Gasteiger partial charge on any atom is -0.455 e. The van der Waals surface area contributed by atoms with Crippen molar-refractivity contribution in [1.29, 1.82) is 0 Å². The minimum atomic E-state index is -2.39. The molecule has 2 aromatic heterocycles. The van der Waals surface area contributed by atoms with E-state index in [0.717, 1.165) is 32.7 Å². The van der Waals surface area contributed by atoms with Crippen LogP contribution in [0.1, 0.15) is 70.0 Å². The van der Waals surface area contributed by atoms with Gasteiger partial charge in [0.15, 0.2) is 0 Å². The van der Waals surface area contributed by atoms with Gasteiger partial charge in [0.1, 0.15) is 11.2 Å². The number of rotatable bonds is 4. The molecule has 2 heteroatoms. The molecule has 202 valence electrons. The van der Waals surface area contributed by atoms with E-state index in [9.17, 15) is 0 Å². The number of hydrogen-bond acceptors (Lipinski definition) is 2. The molecule has 2 heterocycles. The Bertz CT molecular complexity index is 2340. The Morgan fingerprint density at radius 1 is 0.659 bits per heavy atom. The molecule has 0 amide bonds. The van der Waals surface area contributed by atoms with Crippen molar-refractivity contribution in [2.45, 2.75) is 53.2 Å². The molecular weight excluding hydrogens is 498 g/mol. The van der Waals surface area contributed by atoms with E-state index in [1.54, 1.807) is 12.1 Å². The Balaban J connectivity index is 1.53. The average Bonchev–Trinajstić information content (AvgIpc) is 3.40. The van der Waals surface area contributed by atoms with Gasteiger partial charge in [0, 0.05) is 30.8 Å². The standard InChI is InChI=1S/C39H35NO/c1-22(2)27-14-16-30(32(17-27)23(3)4)33-19-36(40-21-25(33)6)31-15-11-24(5)38-35-18-28-13-12-26-9-7-8-10-29(26)34(28)20-37(35)41-39(31)38/h7-23H,1-6H3/i5D3,6D3. The molecule has 2 nitrogen and oxygen atoms in total. The lowest BCUT2D eigenvalue weighted by molar-refractivity contribution is 0.670. The van der Waals surface area contributed by atoms with Gasteiger partial charge in [-0.1, -0.05) is 88.4 Å². The van der Waals surface area contributed by atoms with E-state index in [-0.39, 0.29) is 17.0 Å². The Labute approximate surface area is 250 Å². The largest absolute Gasteiger partial charge is 0.455 e. The summed E-state index contributed by atoms with van der Waals surface area (Å²) < 4.78 is 56.8. The maximum absolute atomic E-state index is 8.38. The molecule has 0 atom stereocenters. The molecule has 7 aromatic rings. The van der Waals surface area contributed by atoms with Crippen LogP contribution in [0.15, 0.2) is 95.5 Å². The lowest BCUT2D eigenvalue weighted by Gasteiger charge is -2.18. The molecular formula is C39H35NO. The number of fused-ring (bicyclic) bond motifs is 6. The summed E-state index contributed by atoms with van der Waals surface area (Å²) >= 11 is 0. The molecule has 0 N–H and O–H groups in total. The summed E-state index contributed by atoms with van der Waals surface area (Å²) in [4.78, 5) is 4.67. The third-order valence-electron chi connectivity index (χ3n) is 8.32. The van der Waals surface area contributed by atoms with Crippen LogP contribution >= 0.6 is 0 Å². The van der Waals surface area contributed by atoms with E-state index in [4.69, 9.17) is 12.6 Å². The highest BCUT2D eigenvalue weighted by atomic mass is 16.3. The molecule has 0 aliphatic carbocycles. The Hall–Kier alpha value is -4.43. The Morgan fingerprint density at radius 2 is 1.46 bits per heavy atom. The van der Waals surface area contributed by atoms with Crippen LogP contribution in [0.2, 0.25) is 0 Å². The van der Waals surface area contributed by atoms with Crippen molar-refractivity contribution in [2.75, 3.05) is 0 Å². The molecule has 0 aliphatic heterocycles. The van der Waals surface area contributed by atoms with Crippen molar-refractivity contribution in [3.05, 3.63) is 113 Å². The first-order valence-electron chi connectivity index (χ1n) is 17.2. The fourth-order valence-corrected chi connectivity index (χ4v) is 6.07. The highest BCUT2D eigenvalue weighted by Gasteiger charge is 2.19. The summed E-state index contributed by atoms with van der Waals surface area (Å²) in [6.07, 6.45) is 1.44. The van der Waals surface area contributed by atoms with Crippen LogP contribution in [0.5, 0.6) is 0 Å². The highest BCUT2D eigenvalue weighted by molar-refractivity contribution is 6.18. The zero-order valence-electron chi connectivity index (χ0n) is 29.7. The SMILES string of the molecule is [2H]C([2H])([2H])c1cnc(-c2ccc(C([2H])([2H])[2H])c3c2oc2cc4c(ccc5ccccc54)cc23)cc1-c1ccc(C(C)C)cc1C(C)C. The van der Waals surface area contributed by atoms with Gasteiger partial charge in [0.25, 0.3) is 0 Å². The minimum absolute atomic E-state index is 0.149. The predicted octanol–water partition coefficient (Wildman–Crippen LogP) is 11.5. The van der Waals surface area contributed by atoms with E-state index >= 15 is 0 Å². The van der Waals surface area contributed by atoms with Crippen molar-refractivity contribution in [2.24, 2.45) is 0 Å². The van der Waals surface area contributed by atoms with Gasteiger partial charge in [0.05, 0.1) is 5.69 Å².